The fraction of sp³-hybridized carbons (Fsp3) is 0.692. The van der Waals surface area contributed by atoms with Crippen molar-refractivity contribution in [3.05, 3.63) is 11.5 Å². The van der Waals surface area contributed by atoms with Gasteiger partial charge in [-0.15, -0.1) is 11.6 Å². The molecule has 0 amide bonds. The monoisotopic (exact) mass is 268 g/mol. The summed E-state index contributed by atoms with van der Waals surface area (Å²) in [5.74, 6) is 1.36. The minimum Gasteiger partial charge on any atom is -0.306 e. The van der Waals surface area contributed by atoms with Gasteiger partial charge in [0.05, 0.1) is 11.6 Å². The Morgan fingerprint density at radius 1 is 1.33 bits per heavy atom. The van der Waals surface area contributed by atoms with Crippen LogP contribution >= 0.6 is 11.6 Å². The number of fused-ring (bicyclic) bond motifs is 1. The number of imidazole rings is 1. The Hall–Kier alpha value is -1.03. The third-order valence-corrected chi connectivity index (χ3v) is 3.70. The van der Waals surface area contributed by atoms with Crippen LogP contribution in [0, 0.1) is 6.92 Å². The molecule has 0 radical (unpaired) electrons. The van der Waals surface area contributed by atoms with Gasteiger partial charge in [-0.25, -0.2) is 4.98 Å². The van der Waals surface area contributed by atoms with Crippen molar-refractivity contribution in [3.8, 4) is 0 Å². The minimum atomic E-state index is 0.00789. The van der Waals surface area contributed by atoms with Crippen molar-refractivity contribution >= 4 is 22.8 Å². The molecule has 0 saturated carbocycles. The van der Waals surface area contributed by atoms with Crippen molar-refractivity contribution in [3.63, 3.8) is 0 Å². The number of halogens is 1. The average Bonchev–Trinajstić information content (AvgIpc) is 2.78. The van der Waals surface area contributed by atoms with Crippen molar-refractivity contribution in [1.29, 1.82) is 0 Å². The Bertz CT molecular complexity index is 565. The molecule has 18 heavy (non-hydrogen) atoms. The summed E-state index contributed by atoms with van der Waals surface area (Å²) in [6.07, 6.45) is 2.22. The highest BCUT2D eigenvalue weighted by Gasteiger charge is 2.27. The molecule has 2 rings (SSSR count). The number of aryl methyl sites for hydroxylation is 2. The molecule has 0 atom stereocenters. The first kappa shape index (κ1) is 13.4. The molecule has 0 aromatic carbocycles. The second kappa shape index (κ2) is 4.57. The van der Waals surface area contributed by atoms with Crippen LogP contribution in [0.5, 0.6) is 0 Å². The molecule has 0 spiro atoms. The van der Waals surface area contributed by atoms with E-state index in [2.05, 4.69) is 35.4 Å². The molecular formula is C13H21ClN4. The van der Waals surface area contributed by atoms with Crippen LogP contribution in [0.2, 0.25) is 0 Å². The maximum atomic E-state index is 6.06. The first-order valence-electron chi connectivity index (χ1n) is 6.39. The summed E-state index contributed by atoms with van der Waals surface area (Å²) >= 11 is 6.06. The Morgan fingerprint density at radius 3 is 2.56 bits per heavy atom. The molecule has 100 valence electrons. The van der Waals surface area contributed by atoms with E-state index in [-0.39, 0.29) is 5.54 Å². The largest absolute Gasteiger partial charge is 0.306 e. The predicted molar refractivity (Wildman–Crippen MR) is 75.0 cm³/mol. The van der Waals surface area contributed by atoms with Crippen molar-refractivity contribution in [2.24, 2.45) is 7.05 Å². The number of hydrogen-bond donors (Lipinski definition) is 0. The van der Waals surface area contributed by atoms with E-state index in [9.17, 15) is 0 Å². The summed E-state index contributed by atoms with van der Waals surface area (Å²) in [6.45, 7) is 8.65. The lowest BCUT2D eigenvalue weighted by Gasteiger charge is -2.28. The second-order valence-electron chi connectivity index (χ2n) is 5.44. The van der Waals surface area contributed by atoms with E-state index in [1.54, 1.807) is 0 Å². The number of aromatic nitrogens is 4. The van der Waals surface area contributed by atoms with E-state index in [0.717, 1.165) is 35.5 Å². The van der Waals surface area contributed by atoms with Crippen molar-refractivity contribution in [1.82, 2.24) is 19.3 Å². The van der Waals surface area contributed by atoms with E-state index >= 15 is 0 Å². The Kier molecular flexibility index (Phi) is 3.41. The minimum absolute atomic E-state index is 0.00789. The molecule has 2 heterocycles. The lowest BCUT2D eigenvalue weighted by Crippen LogP contribution is -2.28. The molecule has 0 bridgehead atoms. The van der Waals surface area contributed by atoms with Crippen molar-refractivity contribution in [2.45, 2.75) is 52.0 Å². The number of hydrogen-bond acceptors (Lipinski definition) is 2. The van der Waals surface area contributed by atoms with Gasteiger partial charge in [0.15, 0.2) is 5.65 Å². The van der Waals surface area contributed by atoms with Gasteiger partial charge in [-0.1, -0.05) is 13.3 Å². The normalized spacial score (nSPS) is 12.6. The van der Waals surface area contributed by atoms with Crippen LogP contribution in [0.25, 0.3) is 11.2 Å². The predicted octanol–water partition coefficient (Wildman–Crippen LogP) is 3.35. The standard InChI is InChI=1S/C13H21ClN4/c1-6-7-13(3,4)18-10(8-14)15-11-9(2)16-17(5)12(11)18/h6-8H2,1-5H3. The zero-order valence-electron chi connectivity index (χ0n) is 11.8. The summed E-state index contributed by atoms with van der Waals surface area (Å²) in [5, 5.41) is 4.45. The smallest absolute Gasteiger partial charge is 0.159 e. The van der Waals surface area contributed by atoms with Gasteiger partial charge in [-0.2, -0.15) is 5.10 Å². The van der Waals surface area contributed by atoms with Gasteiger partial charge >= 0.3 is 0 Å². The maximum absolute atomic E-state index is 6.06. The van der Waals surface area contributed by atoms with E-state index in [1.165, 1.54) is 0 Å². The van der Waals surface area contributed by atoms with Gasteiger partial charge in [0.1, 0.15) is 11.3 Å². The van der Waals surface area contributed by atoms with Gasteiger partial charge < -0.3 is 4.57 Å². The van der Waals surface area contributed by atoms with Crippen LogP contribution < -0.4 is 0 Å². The SMILES string of the molecule is CCCC(C)(C)n1c(CCl)nc2c(C)nn(C)c21. The van der Waals surface area contributed by atoms with Crippen LogP contribution in [-0.2, 0) is 18.5 Å². The lowest BCUT2D eigenvalue weighted by atomic mass is 9.98. The molecular weight excluding hydrogens is 248 g/mol. The molecule has 0 saturated heterocycles. The van der Waals surface area contributed by atoms with Gasteiger partial charge in [-0.05, 0) is 27.2 Å². The summed E-state index contributed by atoms with van der Waals surface area (Å²) in [6, 6.07) is 0. The van der Waals surface area contributed by atoms with E-state index in [4.69, 9.17) is 11.6 Å². The number of nitrogens with zero attached hydrogens (tertiary/aromatic N) is 4. The van der Waals surface area contributed by atoms with Crippen LogP contribution in [0.1, 0.15) is 45.1 Å². The van der Waals surface area contributed by atoms with E-state index in [0.29, 0.717) is 5.88 Å². The van der Waals surface area contributed by atoms with Gasteiger partial charge in [0.25, 0.3) is 0 Å². The topological polar surface area (TPSA) is 35.6 Å². The Labute approximate surface area is 113 Å². The fourth-order valence-corrected chi connectivity index (χ4v) is 2.95. The maximum Gasteiger partial charge on any atom is 0.159 e. The third kappa shape index (κ3) is 1.92. The zero-order chi connectivity index (χ0) is 13.5. The molecule has 5 heteroatoms. The highest BCUT2D eigenvalue weighted by atomic mass is 35.5. The van der Waals surface area contributed by atoms with Crippen LogP contribution in [-0.4, -0.2) is 19.3 Å². The number of alkyl halides is 1. The molecule has 0 fully saturated rings. The first-order valence-corrected chi connectivity index (χ1v) is 6.93. The highest BCUT2D eigenvalue weighted by molar-refractivity contribution is 6.16. The van der Waals surface area contributed by atoms with Crippen LogP contribution in [0.15, 0.2) is 0 Å². The molecule has 0 aliphatic rings. The van der Waals surface area contributed by atoms with Crippen molar-refractivity contribution < 1.29 is 0 Å². The summed E-state index contributed by atoms with van der Waals surface area (Å²) in [4.78, 5) is 4.65. The molecule has 0 unspecified atom stereocenters. The molecule has 2 aromatic rings. The van der Waals surface area contributed by atoms with Crippen LogP contribution in [0.3, 0.4) is 0 Å². The molecule has 2 aromatic heterocycles. The zero-order valence-corrected chi connectivity index (χ0v) is 12.5. The Balaban J connectivity index is 2.74. The first-order chi connectivity index (χ1) is 8.42. The second-order valence-corrected chi connectivity index (χ2v) is 5.71. The van der Waals surface area contributed by atoms with E-state index < -0.39 is 0 Å². The fourth-order valence-electron chi connectivity index (χ4n) is 2.77. The third-order valence-electron chi connectivity index (χ3n) is 3.46. The van der Waals surface area contributed by atoms with Crippen LogP contribution in [0.4, 0.5) is 0 Å². The van der Waals surface area contributed by atoms with Crippen molar-refractivity contribution in [2.75, 3.05) is 0 Å². The summed E-state index contributed by atoms with van der Waals surface area (Å²) in [5.41, 5.74) is 3.01. The average molecular weight is 269 g/mol. The Morgan fingerprint density at radius 2 is 2.00 bits per heavy atom. The quantitative estimate of drug-likeness (QED) is 0.797. The van der Waals surface area contributed by atoms with Gasteiger partial charge in [-0.3, -0.25) is 4.68 Å². The van der Waals surface area contributed by atoms with Gasteiger partial charge in [0.2, 0.25) is 0 Å². The number of rotatable bonds is 4. The highest BCUT2D eigenvalue weighted by Crippen LogP contribution is 2.30. The lowest BCUT2D eigenvalue weighted by molar-refractivity contribution is 0.322. The summed E-state index contributed by atoms with van der Waals surface area (Å²) < 4.78 is 4.16. The van der Waals surface area contributed by atoms with Gasteiger partial charge in [0, 0.05) is 12.6 Å². The summed E-state index contributed by atoms with van der Waals surface area (Å²) in [7, 11) is 1.97. The molecule has 0 aliphatic heterocycles. The molecule has 4 nitrogen and oxygen atoms in total. The molecule has 0 N–H and O–H groups in total. The van der Waals surface area contributed by atoms with E-state index in [1.807, 2.05) is 18.7 Å². The molecule has 0 aliphatic carbocycles.